The molecule has 3 rings (SSSR count). The fourth-order valence-electron chi connectivity index (χ4n) is 2.24. The highest BCUT2D eigenvalue weighted by molar-refractivity contribution is 6.68. The molecular weight excluding hydrogens is 279 g/mol. The fraction of sp³-hybridized carbons (Fsp3) is 0.0714. The lowest BCUT2D eigenvalue weighted by Gasteiger charge is -2.31. The third-order valence-corrected chi connectivity index (χ3v) is 3.14. The van der Waals surface area contributed by atoms with E-state index in [0.29, 0.717) is 11.3 Å². The van der Waals surface area contributed by atoms with Crippen molar-refractivity contribution in [1.29, 1.82) is 0 Å². The van der Waals surface area contributed by atoms with Crippen LogP contribution in [-0.2, 0) is 4.84 Å². The molecule has 0 aliphatic carbocycles. The van der Waals surface area contributed by atoms with Crippen LogP contribution in [0.3, 0.4) is 0 Å². The highest BCUT2D eigenvalue weighted by atomic mass is 19.1. The Labute approximate surface area is 120 Å². The van der Waals surface area contributed by atoms with Gasteiger partial charge in [0.2, 0.25) is 0 Å². The van der Waals surface area contributed by atoms with Crippen molar-refractivity contribution in [2.45, 2.75) is 0 Å². The number of para-hydroxylation sites is 1. The van der Waals surface area contributed by atoms with E-state index in [4.69, 9.17) is 9.49 Å². The van der Waals surface area contributed by atoms with E-state index in [1.807, 2.05) is 0 Å². The highest BCUT2D eigenvalue weighted by Gasteiger charge is 2.41. The predicted octanol–water partition coefficient (Wildman–Crippen LogP) is 1.76. The van der Waals surface area contributed by atoms with Crippen LogP contribution < -0.4 is 10.1 Å². The van der Waals surface area contributed by atoms with Crippen molar-refractivity contribution in [3.05, 3.63) is 59.7 Å². The second kappa shape index (κ2) is 5.18. The Morgan fingerprint density at radius 3 is 2.48 bits per heavy atom. The summed E-state index contributed by atoms with van der Waals surface area (Å²) in [4.78, 5) is 18.3. The third-order valence-electron chi connectivity index (χ3n) is 3.14. The molecule has 1 aliphatic heterocycles. The van der Waals surface area contributed by atoms with Crippen molar-refractivity contribution in [3.8, 4) is 5.75 Å². The minimum atomic E-state index is -1.05. The number of hydroxylamine groups is 1. The van der Waals surface area contributed by atoms with E-state index >= 15 is 0 Å². The van der Waals surface area contributed by atoms with Gasteiger partial charge in [0.25, 0.3) is 5.91 Å². The van der Waals surface area contributed by atoms with Gasteiger partial charge in [-0.3, -0.25) is 9.63 Å². The van der Waals surface area contributed by atoms with Crippen LogP contribution in [-0.4, -0.2) is 25.0 Å². The van der Waals surface area contributed by atoms with E-state index in [9.17, 15) is 13.6 Å². The predicted molar refractivity (Wildman–Crippen MR) is 72.0 cm³/mol. The largest absolute Gasteiger partial charge is 0.547 e. The molecule has 7 heteroatoms. The van der Waals surface area contributed by atoms with Gasteiger partial charge in [-0.1, -0.05) is 12.1 Å². The molecule has 4 nitrogen and oxygen atoms in total. The van der Waals surface area contributed by atoms with Gasteiger partial charge in [0.05, 0.1) is 12.7 Å². The number of fused-ring (bicyclic) bond motifs is 1. The molecule has 1 amide bonds. The Kier molecular flexibility index (Phi) is 3.35. The number of amides is 1. The van der Waals surface area contributed by atoms with Gasteiger partial charge in [-0.25, -0.2) is 13.8 Å². The molecule has 0 atom stereocenters. The summed E-state index contributed by atoms with van der Waals surface area (Å²) in [5.74, 6) is -1.61. The molecule has 0 radical (unpaired) electrons. The van der Waals surface area contributed by atoms with Crippen LogP contribution in [0.4, 0.5) is 8.78 Å². The van der Waals surface area contributed by atoms with Crippen LogP contribution >= 0.6 is 0 Å². The Hall–Kier alpha value is -2.41. The minimum absolute atomic E-state index is 0.150. The smallest absolute Gasteiger partial charge is 0.536 e. The zero-order valence-corrected chi connectivity index (χ0v) is 11.0. The summed E-state index contributed by atoms with van der Waals surface area (Å²) in [7, 11) is 0.236. The van der Waals surface area contributed by atoms with Crippen molar-refractivity contribution in [2.75, 3.05) is 7.11 Å². The van der Waals surface area contributed by atoms with Gasteiger partial charge in [-0.2, -0.15) is 0 Å². The zero-order valence-electron chi connectivity index (χ0n) is 11.0. The average Bonchev–Trinajstić information content (AvgIpc) is 2.46. The maximum Gasteiger partial charge on any atom is 0.547 e. The van der Waals surface area contributed by atoms with Crippen LogP contribution in [0.15, 0.2) is 42.5 Å². The summed E-state index contributed by atoms with van der Waals surface area (Å²) in [5.41, 5.74) is 0.477. The van der Waals surface area contributed by atoms with E-state index in [2.05, 4.69) is 0 Å². The second-order valence-corrected chi connectivity index (χ2v) is 4.48. The van der Waals surface area contributed by atoms with Gasteiger partial charge in [0.1, 0.15) is 17.4 Å². The molecule has 0 unspecified atom stereocenters. The molecule has 0 aromatic heterocycles. The van der Waals surface area contributed by atoms with Crippen LogP contribution in [0.2, 0.25) is 0 Å². The number of nitrogens with zero attached hydrogens (tertiary/aromatic N) is 1. The molecule has 0 bridgehead atoms. The van der Waals surface area contributed by atoms with Gasteiger partial charge in [0, 0.05) is 6.07 Å². The summed E-state index contributed by atoms with van der Waals surface area (Å²) < 4.78 is 32.4. The molecule has 1 heterocycles. The number of halogens is 2. The van der Waals surface area contributed by atoms with Crippen molar-refractivity contribution in [3.63, 3.8) is 0 Å². The monoisotopic (exact) mass is 289 g/mol. The maximum atomic E-state index is 13.4. The lowest BCUT2D eigenvalue weighted by Crippen LogP contribution is -2.57. The molecule has 2 aromatic carbocycles. The minimum Gasteiger partial charge on any atom is -0.536 e. The first-order chi connectivity index (χ1) is 10.1. The van der Waals surface area contributed by atoms with Gasteiger partial charge < -0.3 is 4.65 Å². The number of benzene rings is 2. The van der Waals surface area contributed by atoms with Crippen LogP contribution in [0.5, 0.6) is 5.75 Å². The number of carbonyl (C=O) groups excluding carboxylic acids is 1. The molecular formula is C14H10BF2NO3. The van der Waals surface area contributed by atoms with E-state index in [0.717, 1.165) is 23.2 Å². The molecule has 0 N–H and O–H groups in total. The number of hydrogen-bond acceptors (Lipinski definition) is 3. The van der Waals surface area contributed by atoms with Crippen LogP contribution in [0, 0.1) is 11.6 Å². The SMILES string of the molecule is CON1B(c2cc(F)cc(F)c2)Oc2ccccc2C1=O. The van der Waals surface area contributed by atoms with Gasteiger partial charge in [0.15, 0.2) is 0 Å². The average molecular weight is 289 g/mol. The summed E-state index contributed by atoms with van der Waals surface area (Å²) in [5, 5.41) is 0. The second-order valence-electron chi connectivity index (χ2n) is 4.48. The standard InChI is InChI=1S/C14H10BF2NO3/c1-20-18-14(19)12-4-2-3-5-13(12)21-15(18)9-6-10(16)8-11(17)7-9/h2-8H,1H3. The van der Waals surface area contributed by atoms with E-state index in [1.165, 1.54) is 7.11 Å². The van der Waals surface area contributed by atoms with E-state index in [1.54, 1.807) is 24.3 Å². The Morgan fingerprint density at radius 2 is 1.81 bits per heavy atom. The number of carbonyl (C=O) groups is 1. The van der Waals surface area contributed by atoms with Crippen molar-refractivity contribution in [2.24, 2.45) is 0 Å². The zero-order chi connectivity index (χ0) is 15.0. The highest BCUT2D eigenvalue weighted by Crippen LogP contribution is 2.26. The molecule has 1 aliphatic rings. The molecule has 106 valence electrons. The van der Waals surface area contributed by atoms with Gasteiger partial charge >= 0.3 is 7.05 Å². The third kappa shape index (κ3) is 2.36. The van der Waals surface area contributed by atoms with E-state index < -0.39 is 24.6 Å². The van der Waals surface area contributed by atoms with Crippen molar-refractivity contribution >= 4 is 18.4 Å². The Balaban J connectivity index is 2.08. The summed E-state index contributed by atoms with van der Waals surface area (Å²) in [6, 6.07) is 9.55. The number of hydrogen-bond donors (Lipinski definition) is 0. The Morgan fingerprint density at radius 1 is 1.14 bits per heavy atom. The Bertz CT molecular complexity index is 690. The summed E-state index contributed by atoms with van der Waals surface area (Å²) in [6.45, 7) is 0. The normalized spacial score (nSPS) is 14.0. The molecule has 0 saturated carbocycles. The van der Waals surface area contributed by atoms with E-state index in [-0.39, 0.29) is 5.46 Å². The first kappa shape index (κ1) is 13.6. The van der Waals surface area contributed by atoms with Crippen molar-refractivity contribution in [1.82, 2.24) is 4.97 Å². The lowest BCUT2D eigenvalue weighted by atomic mass is 9.71. The first-order valence-electron chi connectivity index (χ1n) is 6.19. The number of rotatable bonds is 2. The maximum absolute atomic E-state index is 13.4. The van der Waals surface area contributed by atoms with Crippen LogP contribution in [0.1, 0.15) is 10.4 Å². The van der Waals surface area contributed by atoms with Gasteiger partial charge in [-0.15, -0.1) is 0 Å². The topological polar surface area (TPSA) is 38.8 Å². The quantitative estimate of drug-likeness (QED) is 0.791. The molecule has 0 saturated heterocycles. The van der Waals surface area contributed by atoms with Crippen LogP contribution in [0.25, 0.3) is 0 Å². The summed E-state index contributed by atoms with van der Waals surface area (Å²) >= 11 is 0. The lowest BCUT2D eigenvalue weighted by molar-refractivity contribution is -0.0436. The first-order valence-corrected chi connectivity index (χ1v) is 6.19. The fourth-order valence-corrected chi connectivity index (χ4v) is 2.24. The van der Waals surface area contributed by atoms with Gasteiger partial charge in [-0.05, 0) is 29.7 Å². The summed E-state index contributed by atoms with van der Waals surface area (Å²) in [6.07, 6.45) is 0. The molecule has 2 aromatic rings. The molecule has 0 spiro atoms. The van der Waals surface area contributed by atoms with Crippen molar-refractivity contribution < 1.29 is 23.1 Å². The molecule has 21 heavy (non-hydrogen) atoms. The molecule has 0 fully saturated rings.